The maximum absolute atomic E-state index is 11.3. The minimum Gasteiger partial charge on any atom is -0.380 e. The molecule has 0 spiro atoms. The Kier molecular flexibility index (Phi) is 5.23. The van der Waals surface area contributed by atoms with Crippen LogP contribution in [0.3, 0.4) is 0 Å². The second kappa shape index (κ2) is 6.92. The number of nitrogens with one attached hydrogen (secondary N) is 2. The lowest BCUT2D eigenvalue weighted by atomic mass is 10.2. The molecule has 2 rings (SSSR count). The first-order chi connectivity index (χ1) is 9.58. The summed E-state index contributed by atoms with van der Waals surface area (Å²) in [5, 5.41) is 6.46. The number of anilines is 2. The SMILES string of the molecule is CCC(=O)Nc1ccc(NCc2cnc(Cl)s2)cc1Cl. The summed E-state index contributed by atoms with van der Waals surface area (Å²) in [6.45, 7) is 2.42. The summed E-state index contributed by atoms with van der Waals surface area (Å²) in [4.78, 5) is 16.3. The van der Waals surface area contributed by atoms with Crippen LogP contribution in [0.25, 0.3) is 0 Å². The normalized spacial score (nSPS) is 10.3. The minimum atomic E-state index is -0.0630. The Balaban J connectivity index is 1.99. The molecule has 1 heterocycles. The summed E-state index contributed by atoms with van der Waals surface area (Å²) in [5.74, 6) is -0.0630. The van der Waals surface area contributed by atoms with Gasteiger partial charge in [0.1, 0.15) is 0 Å². The van der Waals surface area contributed by atoms with Crippen LogP contribution in [0.2, 0.25) is 9.49 Å². The van der Waals surface area contributed by atoms with Crippen LogP contribution in [0, 0.1) is 0 Å². The number of carbonyl (C=O) groups is 1. The number of aromatic nitrogens is 1. The first-order valence-corrected chi connectivity index (χ1v) is 7.59. The van der Waals surface area contributed by atoms with Crippen molar-refractivity contribution in [1.29, 1.82) is 0 Å². The van der Waals surface area contributed by atoms with E-state index in [-0.39, 0.29) is 5.91 Å². The van der Waals surface area contributed by atoms with Gasteiger partial charge in [0.15, 0.2) is 4.47 Å². The molecule has 0 aliphatic heterocycles. The van der Waals surface area contributed by atoms with Crippen LogP contribution in [-0.2, 0) is 11.3 Å². The van der Waals surface area contributed by atoms with Gasteiger partial charge in [-0.3, -0.25) is 4.79 Å². The van der Waals surface area contributed by atoms with E-state index >= 15 is 0 Å². The highest BCUT2D eigenvalue weighted by molar-refractivity contribution is 7.15. The van der Waals surface area contributed by atoms with Gasteiger partial charge in [-0.05, 0) is 18.2 Å². The smallest absolute Gasteiger partial charge is 0.224 e. The van der Waals surface area contributed by atoms with Crippen molar-refractivity contribution in [3.8, 4) is 0 Å². The Morgan fingerprint density at radius 2 is 2.20 bits per heavy atom. The predicted octanol–water partition coefficient (Wildman–Crippen LogP) is 4.41. The van der Waals surface area contributed by atoms with Gasteiger partial charge in [0.05, 0.1) is 17.3 Å². The van der Waals surface area contributed by atoms with Gasteiger partial charge in [-0.2, -0.15) is 0 Å². The molecule has 0 saturated carbocycles. The summed E-state index contributed by atoms with van der Waals surface area (Å²) < 4.78 is 0.525. The Bertz CT molecular complexity index is 615. The summed E-state index contributed by atoms with van der Waals surface area (Å²) in [6, 6.07) is 5.41. The van der Waals surface area contributed by atoms with Crippen molar-refractivity contribution in [2.45, 2.75) is 19.9 Å². The van der Waals surface area contributed by atoms with Crippen molar-refractivity contribution in [3.63, 3.8) is 0 Å². The first-order valence-electron chi connectivity index (χ1n) is 6.02. The van der Waals surface area contributed by atoms with E-state index in [1.54, 1.807) is 25.3 Å². The van der Waals surface area contributed by atoms with E-state index in [9.17, 15) is 4.79 Å². The number of nitrogens with zero attached hydrogens (tertiary/aromatic N) is 1. The number of halogens is 2. The topological polar surface area (TPSA) is 54.0 Å². The fourth-order valence-electron chi connectivity index (χ4n) is 1.52. The lowest BCUT2D eigenvalue weighted by molar-refractivity contribution is -0.115. The van der Waals surface area contributed by atoms with E-state index in [4.69, 9.17) is 23.2 Å². The zero-order valence-electron chi connectivity index (χ0n) is 10.7. The van der Waals surface area contributed by atoms with Crippen LogP contribution in [0.5, 0.6) is 0 Å². The van der Waals surface area contributed by atoms with Crippen LogP contribution >= 0.6 is 34.5 Å². The summed E-state index contributed by atoms with van der Waals surface area (Å²) in [6.07, 6.45) is 2.15. The maximum Gasteiger partial charge on any atom is 0.224 e. The number of benzene rings is 1. The second-order valence-corrected chi connectivity index (χ2v) is 6.13. The number of thiazole rings is 1. The molecule has 1 aromatic carbocycles. The molecule has 106 valence electrons. The molecular weight excluding hydrogens is 317 g/mol. The number of carbonyl (C=O) groups excluding carboxylic acids is 1. The molecule has 4 nitrogen and oxygen atoms in total. The van der Waals surface area contributed by atoms with E-state index in [1.165, 1.54) is 11.3 Å². The van der Waals surface area contributed by atoms with E-state index < -0.39 is 0 Å². The van der Waals surface area contributed by atoms with Gasteiger partial charge >= 0.3 is 0 Å². The third-order valence-electron chi connectivity index (χ3n) is 2.56. The first kappa shape index (κ1) is 15.1. The molecule has 1 aromatic heterocycles. The van der Waals surface area contributed by atoms with Crippen molar-refractivity contribution in [3.05, 3.63) is 38.8 Å². The number of hydrogen-bond acceptors (Lipinski definition) is 4. The molecule has 0 unspecified atom stereocenters. The number of amides is 1. The molecule has 0 saturated heterocycles. The van der Waals surface area contributed by atoms with Crippen molar-refractivity contribution < 1.29 is 4.79 Å². The third kappa shape index (κ3) is 4.10. The molecule has 20 heavy (non-hydrogen) atoms. The number of hydrogen-bond donors (Lipinski definition) is 2. The average molecular weight is 330 g/mol. The molecule has 0 aliphatic rings. The molecule has 0 bridgehead atoms. The average Bonchev–Trinajstić information content (AvgIpc) is 2.85. The van der Waals surface area contributed by atoms with E-state index in [0.717, 1.165) is 10.6 Å². The zero-order valence-corrected chi connectivity index (χ0v) is 13.1. The van der Waals surface area contributed by atoms with Gasteiger partial charge in [-0.1, -0.05) is 30.1 Å². The van der Waals surface area contributed by atoms with Crippen molar-refractivity contribution in [1.82, 2.24) is 4.98 Å². The summed E-state index contributed by atoms with van der Waals surface area (Å²) >= 11 is 13.3. The Labute approximate surface area is 131 Å². The fraction of sp³-hybridized carbons (Fsp3) is 0.231. The van der Waals surface area contributed by atoms with Gasteiger partial charge in [0, 0.05) is 23.2 Å². The molecule has 0 radical (unpaired) electrons. The fourth-order valence-corrected chi connectivity index (χ4v) is 2.66. The molecule has 2 N–H and O–H groups in total. The second-order valence-electron chi connectivity index (χ2n) is 4.03. The molecule has 0 atom stereocenters. The summed E-state index contributed by atoms with van der Waals surface area (Å²) in [5.41, 5.74) is 1.49. The molecule has 1 amide bonds. The van der Waals surface area contributed by atoms with Crippen LogP contribution in [-0.4, -0.2) is 10.9 Å². The van der Waals surface area contributed by atoms with Crippen molar-refractivity contribution in [2.75, 3.05) is 10.6 Å². The lowest BCUT2D eigenvalue weighted by Crippen LogP contribution is -2.09. The highest BCUT2D eigenvalue weighted by Crippen LogP contribution is 2.26. The standard InChI is InChI=1S/C13H13Cl2N3OS/c1-2-12(19)18-11-4-3-8(5-10(11)14)16-6-9-7-17-13(15)20-9/h3-5,7,16H,2,6H2,1H3,(H,18,19). The third-order valence-corrected chi connectivity index (χ3v) is 3.98. The van der Waals surface area contributed by atoms with Gasteiger partial charge < -0.3 is 10.6 Å². The molecular formula is C13H13Cl2N3OS. The number of rotatable bonds is 5. The molecule has 7 heteroatoms. The van der Waals surface area contributed by atoms with Crippen LogP contribution in [0.15, 0.2) is 24.4 Å². The maximum atomic E-state index is 11.3. The van der Waals surface area contributed by atoms with Gasteiger partial charge in [0.25, 0.3) is 0 Å². The van der Waals surface area contributed by atoms with Gasteiger partial charge in [0.2, 0.25) is 5.91 Å². The largest absolute Gasteiger partial charge is 0.380 e. The van der Waals surface area contributed by atoms with Crippen molar-refractivity contribution >= 4 is 51.8 Å². The van der Waals surface area contributed by atoms with Crippen LogP contribution < -0.4 is 10.6 Å². The van der Waals surface area contributed by atoms with Crippen molar-refractivity contribution in [2.24, 2.45) is 0 Å². The zero-order chi connectivity index (χ0) is 14.5. The highest BCUT2D eigenvalue weighted by atomic mass is 35.5. The van der Waals surface area contributed by atoms with E-state index in [0.29, 0.717) is 28.1 Å². The molecule has 0 aliphatic carbocycles. The quantitative estimate of drug-likeness (QED) is 0.854. The van der Waals surface area contributed by atoms with Crippen LogP contribution in [0.1, 0.15) is 18.2 Å². The predicted molar refractivity (Wildman–Crippen MR) is 84.8 cm³/mol. The lowest BCUT2D eigenvalue weighted by Gasteiger charge is -2.09. The van der Waals surface area contributed by atoms with E-state index in [2.05, 4.69) is 15.6 Å². The Hall–Kier alpha value is -1.30. The monoisotopic (exact) mass is 329 g/mol. The minimum absolute atomic E-state index is 0.0630. The molecule has 2 aromatic rings. The Morgan fingerprint density at radius 3 is 2.80 bits per heavy atom. The highest BCUT2D eigenvalue weighted by Gasteiger charge is 2.05. The van der Waals surface area contributed by atoms with E-state index in [1.807, 2.05) is 6.07 Å². The summed E-state index contributed by atoms with van der Waals surface area (Å²) in [7, 11) is 0. The Morgan fingerprint density at radius 1 is 1.40 bits per heavy atom. The van der Waals surface area contributed by atoms with Gasteiger partial charge in [-0.15, -0.1) is 11.3 Å². The van der Waals surface area contributed by atoms with Gasteiger partial charge in [-0.25, -0.2) is 4.98 Å². The molecule has 0 fully saturated rings. The van der Waals surface area contributed by atoms with Crippen LogP contribution in [0.4, 0.5) is 11.4 Å².